The minimum atomic E-state index is -4.27. The van der Waals surface area contributed by atoms with Crippen molar-refractivity contribution in [3.8, 4) is 5.75 Å². The van der Waals surface area contributed by atoms with E-state index in [9.17, 15) is 23.1 Å². The summed E-state index contributed by atoms with van der Waals surface area (Å²) < 4.78 is 43.6. The minimum absolute atomic E-state index is 0.0526. The molecule has 10 heteroatoms. The Hall–Kier alpha value is -3.17. The van der Waals surface area contributed by atoms with Crippen LogP contribution in [-0.4, -0.2) is 43.6 Å². The number of hydrogen-bond acceptors (Lipinski definition) is 5. The van der Waals surface area contributed by atoms with Crippen LogP contribution in [0.3, 0.4) is 0 Å². The van der Waals surface area contributed by atoms with Crippen LogP contribution in [0.25, 0.3) is 10.9 Å². The van der Waals surface area contributed by atoms with E-state index in [1.807, 2.05) is 6.92 Å². The molecule has 29 heavy (non-hydrogen) atoms. The number of fused-ring (bicyclic) bond motifs is 1. The highest BCUT2D eigenvalue weighted by Gasteiger charge is 2.27. The molecule has 3 aromatic heterocycles. The number of aromatic carboxylic acids is 1. The Morgan fingerprint density at radius 1 is 1.31 bits per heavy atom. The van der Waals surface area contributed by atoms with Crippen LogP contribution in [0.2, 0.25) is 0 Å². The first-order valence-electron chi connectivity index (χ1n) is 8.92. The van der Waals surface area contributed by atoms with Gasteiger partial charge in [0.05, 0.1) is 42.4 Å². The van der Waals surface area contributed by atoms with Gasteiger partial charge < -0.3 is 9.84 Å². The molecular weight excluding hydrogens is 389 g/mol. The van der Waals surface area contributed by atoms with Crippen LogP contribution in [0.15, 0.2) is 24.5 Å². The molecule has 154 valence electrons. The second-order valence-corrected chi connectivity index (χ2v) is 6.47. The molecule has 0 radical (unpaired) electrons. The summed E-state index contributed by atoms with van der Waals surface area (Å²) in [5.41, 5.74) is 2.47. The maximum atomic E-state index is 12.3. The van der Waals surface area contributed by atoms with Crippen LogP contribution in [-0.2, 0) is 13.0 Å². The number of rotatable bonds is 7. The van der Waals surface area contributed by atoms with Crippen molar-refractivity contribution in [2.75, 3.05) is 6.61 Å². The number of hydrogen-bond donors (Lipinski definition) is 1. The molecular formula is C19H19F3N4O3. The second kappa shape index (κ2) is 8.06. The first kappa shape index (κ1) is 20.6. The van der Waals surface area contributed by atoms with E-state index < -0.39 is 25.2 Å². The van der Waals surface area contributed by atoms with Crippen molar-refractivity contribution in [1.82, 2.24) is 19.7 Å². The zero-order valence-corrected chi connectivity index (χ0v) is 15.8. The van der Waals surface area contributed by atoms with E-state index in [0.29, 0.717) is 28.6 Å². The topological polar surface area (TPSA) is 90.1 Å². The summed E-state index contributed by atoms with van der Waals surface area (Å²) in [6.45, 7) is 3.42. The van der Waals surface area contributed by atoms with Gasteiger partial charge in [0.25, 0.3) is 0 Å². The van der Waals surface area contributed by atoms with Crippen LogP contribution in [0, 0.1) is 6.92 Å². The van der Waals surface area contributed by atoms with Gasteiger partial charge in [-0.1, -0.05) is 6.92 Å². The number of aromatic nitrogens is 4. The number of nitrogens with zero attached hydrogens (tertiary/aromatic N) is 4. The smallest absolute Gasteiger partial charge is 0.392 e. The van der Waals surface area contributed by atoms with Gasteiger partial charge in [0.2, 0.25) is 0 Å². The average Bonchev–Trinajstić information content (AvgIpc) is 2.99. The summed E-state index contributed by atoms with van der Waals surface area (Å²) in [6.07, 6.45) is -1.98. The molecule has 1 N–H and O–H groups in total. The van der Waals surface area contributed by atoms with Crippen molar-refractivity contribution in [2.45, 2.75) is 39.4 Å². The number of alkyl halides is 3. The summed E-state index contributed by atoms with van der Waals surface area (Å²) in [6, 6.07) is 3.36. The Morgan fingerprint density at radius 3 is 2.69 bits per heavy atom. The third-order valence-electron chi connectivity index (χ3n) is 4.37. The van der Waals surface area contributed by atoms with Crippen molar-refractivity contribution in [3.05, 3.63) is 47.2 Å². The molecule has 0 amide bonds. The lowest BCUT2D eigenvalue weighted by Crippen LogP contribution is -2.13. The van der Waals surface area contributed by atoms with Gasteiger partial charge in [-0.3, -0.25) is 9.67 Å². The van der Waals surface area contributed by atoms with Gasteiger partial charge in [0.15, 0.2) is 5.69 Å². The lowest BCUT2D eigenvalue weighted by atomic mass is 10.1. The van der Waals surface area contributed by atoms with Crippen molar-refractivity contribution >= 4 is 16.9 Å². The number of carboxylic acids is 1. The predicted octanol–water partition coefficient (Wildman–Crippen LogP) is 3.77. The number of pyridine rings is 2. The molecule has 3 aromatic rings. The second-order valence-electron chi connectivity index (χ2n) is 6.47. The number of carboxylic acid groups (broad SMARTS) is 1. The molecule has 0 spiro atoms. The van der Waals surface area contributed by atoms with Crippen LogP contribution >= 0.6 is 0 Å². The van der Waals surface area contributed by atoms with Gasteiger partial charge in [-0.15, -0.1) is 0 Å². The molecule has 0 fully saturated rings. The molecule has 0 aliphatic heterocycles. The molecule has 7 nitrogen and oxygen atoms in total. The highest BCUT2D eigenvalue weighted by Crippen LogP contribution is 2.25. The molecule has 0 atom stereocenters. The maximum Gasteiger partial charge on any atom is 0.392 e. The van der Waals surface area contributed by atoms with Gasteiger partial charge in [0, 0.05) is 11.9 Å². The van der Waals surface area contributed by atoms with Gasteiger partial charge >= 0.3 is 12.1 Å². The van der Waals surface area contributed by atoms with Crippen molar-refractivity contribution in [2.24, 2.45) is 0 Å². The Bertz CT molecular complexity index is 1050. The average molecular weight is 408 g/mol. The van der Waals surface area contributed by atoms with Crippen molar-refractivity contribution in [3.63, 3.8) is 0 Å². The van der Waals surface area contributed by atoms with E-state index in [0.717, 1.165) is 5.69 Å². The summed E-state index contributed by atoms with van der Waals surface area (Å²) in [4.78, 5) is 19.7. The summed E-state index contributed by atoms with van der Waals surface area (Å²) in [5, 5.41) is 14.4. The zero-order chi connectivity index (χ0) is 21.2. The van der Waals surface area contributed by atoms with Crippen molar-refractivity contribution < 1.29 is 27.8 Å². The van der Waals surface area contributed by atoms with Crippen LogP contribution in [0.4, 0.5) is 13.2 Å². The van der Waals surface area contributed by atoms with Gasteiger partial charge in [0.1, 0.15) is 5.75 Å². The normalized spacial score (nSPS) is 11.8. The minimum Gasteiger partial charge on any atom is -0.491 e. The fourth-order valence-electron chi connectivity index (χ4n) is 3.06. The van der Waals surface area contributed by atoms with Crippen LogP contribution in [0.5, 0.6) is 5.75 Å². The van der Waals surface area contributed by atoms with E-state index in [1.54, 1.807) is 23.7 Å². The van der Waals surface area contributed by atoms with Gasteiger partial charge in [-0.2, -0.15) is 18.3 Å². The number of aryl methyl sites for hydroxylation is 2. The fraction of sp³-hybridized carbons (Fsp3) is 0.368. The molecule has 0 aliphatic carbocycles. The molecule has 0 saturated heterocycles. The Balaban J connectivity index is 1.85. The van der Waals surface area contributed by atoms with E-state index in [1.165, 1.54) is 12.4 Å². The third kappa shape index (κ3) is 4.64. The molecule has 3 heterocycles. The summed E-state index contributed by atoms with van der Waals surface area (Å²) in [7, 11) is 0. The predicted molar refractivity (Wildman–Crippen MR) is 98.1 cm³/mol. The fourth-order valence-corrected chi connectivity index (χ4v) is 3.06. The highest BCUT2D eigenvalue weighted by atomic mass is 19.4. The van der Waals surface area contributed by atoms with E-state index in [2.05, 4.69) is 15.1 Å². The number of carbonyl (C=O) groups is 1. The first-order valence-corrected chi connectivity index (χ1v) is 8.92. The SMILES string of the molecule is CCc1c2c(C(=O)O)nccc2nn1Cc1cc(C)c(OCCC(F)(F)F)cn1. The van der Waals surface area contributed by atoms with Crippen LogP contribution < -0.4 is 4.74 Å². The molecule has 0 bridgehead atoms. The lowest BCUT2D eigenvalue weighted by molar-refractivity contribution is -0.139. The standard InChI is InChI=1S/C19H19F3N4O3/c1-3-14-16-13(4-6-23-17(16)18(27)28)25-26(14)10-12-8-11(2)15(9-24-12)29-7-5-19(20,21)22/h4,6,8-9H,3,5,7,10H2,1-2H3,(H,27,28). The molecule has 0 aliphatic rings. The third-order valence-corrected chi connectivity index (χ3v) is 4.37. The quantitative estimate of drug-likeness (QED) is 0.640. The van der Waals surface area contributed by atoms with E-state index in [-0.39, 0.29) is 18.0 Å². The molecule has 0 saturated carbocycles. The summed E-state index contributed by atoms with van der Waals surface area (Å²) in [5.74, 6) is -0.837. The van der Waals surface area contributed by atoms with Crippen LogP contribution in [0.1, 0.15) is 40.8 Å². The summed E-state index contributed by atoms with van der Waals surface area (Å²) >= 11 is 0. The maximum absolute atomic E-state index is 12.3. The Kier molecular flexibility index (Phi) is 5.71. The molecule has 0 aromatic carbocycles. The highest BCUT2D eigenvalue weighted by molar-refractivity contribution is 6.01. The van der Waals surface area contributed by atoms with E-state index in [4.69, 9.17) is 4.74 Å². The molecule has 3 rings (SSSR count). The number of ether oxygens (including phenoxy) is 1. The monoisotopic (exact) mass is 408 g/mol. The number of halogens is 3. The molecule has 0 unspecified atom stereocenters. The van der Waals surface area contributed by atoms with E-state index >= 15 is 0 Å². The van der Waals surface area contributed by atoms with Crippen molar-refractivity contribution in [1.29, 1.82) is 0 Å². The van der Waals surface area contributed by atoms with Gasteiger partial charge in [-0.25, -0.2) is 9.78 Å². The zero-order valence-electron chi connectivity index (χ0n) is 15.8. The van der Waals surface area contributed by atoms with Gasteiger partial charge in [-0.05, 0) is 31.0 Å². The Labute approximate surface area is 164 Å². The Morgan fingerprint density at radius 2 is 2.07 bits per heavy atom. The first-order chi connectivity index (χ1) is 13.7. The largest absolute Gasteiger partial charge is 0.491 e. The lowest BCUT2D eigenvalue weighted by Gasteiger charge is -2.12.